The zero-order valence-corrected chi connectivity index (χ0v) is 15.4. The molecule has 0 heterocycles. The van der Waals surface area contributed by atoms with Crippen molar-refractivity contribution < 1.29 is 0 Å². The van der Waals surface area contributed by atoms with Gasteiger partial charge in [-0.25, -0.2) is 0 Å². The maximum absolute atomic E-state index is 2.37. The first-order valence-electron chi connectivity index (χ1n) is 9.21. The van der Waals surface area contributed by atoms with Gasteiger partial charge in [0.05, 0.1) is 0 Å². The van der Waals surface area contributed by atoms with E-state index in [2.05, 4.69) is 47.8 Å². The minimum absolute atomic E-state index is 0.926. The summed E-state index contributed by atoms with van der Waals surface area (Å²) in [7, 11) is 0. The summed E-state index contributed by atoms with van der Waals surface area (Å²) < 4.78 is 0. The molecule has 0 N–H and O–H groups in total. The molecular weight excluding hydrogens is 304 g/mol. The summed E-state index contributed by atoms with van der Waals surface area (Å²) in [4.78, 5) is 0. The van der Waals surface area contributed by atoms with E-state index in [0.29, 0.717) is 0 Å². The van der Waals surface area contributed by atoms with Crippen molar-refractivity contribution in [3.05, 3.63) is 35.4 Å². The van der Waals surface area contributed by atoms with E-state index in [1.165, 1.54) is 86.8 Å². The van der Waals surface area contributed by atoms with Gasteiger partial charge < -0.3 is 0 Å². The molecule has 22 heavy (non-hydrogen) atoms. The van der Waals surface area contributed by atoms with E-state index < -0.39 is 0 Å². The fourth-order valence-corrected chi connectivity index (χ4v) is 6.20. The van der Waals surface area contributed by atoms with Crippen LogP contribution in [0.2, 0.25) is 0 Å². The maximum Gasteiger partial charge on any atom is 0.0187 e. The van der Waals surface area contributed by atoms with Crippen LogP contribution >= 0.6 is 23.5 Å². The zero-order chi connectivity index (χ0) is 15.0. The average Bonchev–Trinajstić information content (AvgIpc) is 2.61. The summed E-state index contributed by atoms with van der Waals surface area (Å²) >= 11 is 4.37. The van der Waals surface area contributed by atoms with E-state index in [1.807, 2.05) is 0 Å². The molecule has 0 radical (unpaired) electrons. The van der Waals surface area contributed by atoms with Crippen molar-refractivity contribution in [3.8, 4) is 0 Å². The van der Waals surface area contributed by atoms with Crippen molar-refractivity contribution in [2.45, 2.75) is 86.2 Å². The molecule has 2 saturated carbocycles. The second-order valence-corrected chi connectivity index (χ2v) is 9.54. The van der Waals surface area contributed by atoms with Crippen molar-refractivity contribution in [3.63, 3.8) is 0 Å². The lowest BCUT2D eigenvalue weighted by molar-refractivity contribution is 0.516. The van der Waals surface area contributed by atoms with Gasteiger partial charge in [0.2, 0.25) is 0 Å². The van der Waals surface area contributed by atoms with Crippen LogP contribution < -0.4 is 0 Å². The molecule has 2 heteroatoms. The van der Waals surface area contributed by atoms with Crippen molar-refractivity contribution >= 4 is 23.5 Å². The molecule has 0 bridgehead atoms. The monoisotopic (exact) mass is 334 g/mol. The molecule has 1 aromatic carbocycles. The topological polar surface area (TPSA) is 0 Å². The molecule has 2 aliphatic carbocycles. The van der Waals surface area contributed by atoms with Crippen molar-refractivity contribution in [1.82, 2.24) is 0 Å². The van der Waals surface area contributed by atoms with Crippen LogP contribution in [0.1, 0.15) is 75.3 Å². The summed E-state index contributed by atoms with van der Waals surface area (Å²) in [6, 6.07) is 9.47. The molecule has 0 spiro atoms. The molecule has 0 aromatic heterocycles. The Balaban J connectivity index is 1.39. The van der Waals surface area contributed by atoms with Crippen LogP contribution in [0.15, 0.2) is 24.3 Å². The SMILES string of the molecule is c1cc(CSC2CCCCC2)ccc1CSC1CCCCC1. The number of benzene rings is 1. The molecular formula is C20H30S2. The van der Waals surface area contributed by atoms with Crippen molar-refractivity contribution in [1.29, 1.82) is 0 Å². The quantitative estimate of drug-likeness (QED) is 0.560. The van der Waals surface area contributed by atoms with Gasteiger partial charge in [-0.3, -0.25) is 0 Å². The largest absolute Gasteiger partial charge is 0.154 e. The van der Waals surface area contributed by atoms with Gasteiger partial charge in [-0.1, -0.05) is 62.8 Å². The zero-order valence-electron chi connectivity index (χ0n) is 13.8. The first-order chi connectivity index (χ1) is 10.9. The van der Waals surface area contributed by atoms with Crippen LogP contribution in [0.4, 0.5) is 0 Å². The summed E-state index contributed by atoms with van der Waals surface area (Å²) in [6.07, 6.45) is 14.5. The third-order valence-corrected chi connectivity index (χ3v) is 7.98. The molecule has 122 valence electrons. The highest BCUT2D eigenvalue weighted by Gasteiger charge is 2.14. The first kappa shape index (κ1) is 16.8. The van der Waals surface area contributed by atoms with Crippen molar-refractivity contribution in [2.75, 3.05) is 0 Å². The maximum atomic E-state index is 2.37. The number of hydrogen-bond donors (Lipinski definition) is 0. The van der Waals surface area contributed by atoms with Crippen LogP contribution in [-0.2, 0) is 11.5 Å². The van der Waals surface area contributed by atoms with Gasteiger partial charge in [0.1, 0.15) is 0 Å². The Morgan fingerprint density at radius 1 is 0.591 bits per heavy atom. The van der Waals surface area contributed by atoms with E-state index in [9.17, 15) is 0 Å². The van der Waals surface area contributed by atoms with Gasteiger partial charge in [0.15, 0.2) is 0 Å². The van der Waals surface area contributed by atoms with Crippen LogP contribution in [0, 0.1) is 0 Å². The Morgan fingerprint density at radius 3 is 1.32 bits per heavy atom. The molecule has 0 unspecified atom stereocenters. The summed E-state index contributed by atoms with van der Waals surface area (Å²) in [5.74, 6) is 2.42. The fourth-order valence-electron chi connectivity index (χ4n) is 3.62. The van der Waals surface area contributed by atoms with Crippen molar-refractivity contribution in [2.24, 2.45) is 0 Å². The normalized spacial score (nSPS) is 21.1. The summed E-state index contributed by atoms with van der Waals surface area (Å²) in [5.41, 5.74) is 3.03. The number of thioether (sulfide) groups is 2. The van der Waals surface area contributed by atoms with Gasteiger partial charge in [-0.2, -0.15) is 23.5 Å². The smallest absolute Gasteiger partial charge is 0.0187 e. The van der Waals surface area contributed by atoms with E-state index in [0.717, 1.165) is 10.5 Å². The minimum Gasteiger partial charge on any atom is -0.154 e. The molecule has 0 amide bonds. The van der Waals surface area contributed by atoms with E-state index in [1.54, 1.807) is 0 Å². The standard InChI is InChI=1S/C20H30S2/c1-3-7-19(8-4-1)21-15-17-11-13-18(14-12-17)16-22-20-9-5-2-6-10-20/h11-14,19-20H,1-10,15-16H2. The van der Waals surface area contributed by atoms with E-state index in [-0.39, 0.29) is 0 Å². The second kappa shape index (κ2) is 9.27. The third-order valence-electron chi connectivity index (χ3n) is 5.10. The minimum atomic E-state index is 0.926. The summed E-state index contributed by atoms with van der Waals surface area (Å²) in [6.45, 7) is 0. The number of rotatable bonds is 6. The van der Waals surface area contributed by atoms with E-state index in [4.69, 9.17) is 0 Å². The Kier molecular flexibility index (Phi) is 7.07. The summed E-state index contributed by atoms with van der Waals surface area (Å²) in [5, 5.41) is 1.85. The molecule has 2 aliphatic rings. The predicted molar refractivity (Wildman–Crippen MR) is 103 cm³/mol. The van der Waals surface area contributed by atoms with Crippen LogP contribution in [0.3, 0.4) is 0 Å². The Labute approximate surface area is 145 Å². The molecule has 2 fully saturated rings. The predicted octanol–water partition coefficient (Wildman–Crippen LogP) is 6.82. The molecule has 0 aliphatic heterocycles. The Morgan fingerprint density at radius 2 is 0.955 bits per heavy atom. The molecule has 1 aromatic rings. The van der Waals surface area contributed by atoms with Gasteiger partial charge in [-0.15, -0.1) is 0 Å². The lowest BCUT2D eigenvalue weighted by atomic mass is 10.0. The highest BCUT2D eigenvalue weighted by atomic mass is 32.2. The fraction of sp³-hybridized carbons (Fsp3) is 0.700. The van der Waals surface area contributed by atoms with Gasteiger partial charge >= 0.3 is 0 Å². The van der Waals surface area contributed by atoms with Gasteiger partial charge in [0.25, 0.3) is 0 Å². The number of hydrogen-bond acceptors (Lipinski definition) is 2. The average molecular weight is 335 g/mol. The van der Waals surface area contributed by atoms with Gasteiger partial charge in [-0.05, 0) is 36.8 Å². The van der Waals surface area contributed by atoms with E-state index >= 15 is 0 Å². The molecule has 0 saturated heterocycles. The third kappa shape index (κ3) is 5.53. The molecule has 0 atom stereocenters. The van der Waals surface area contributed by atoms with Crippen LogP contribution in [0.25, 0.3) is 0 Å². The lowest BCUT2D eigenvalue weighted by Gasteiger charge is -2.21. The van der Waals surface area contributed by atoms with Crippen LogP contribution in [0.5, 0.6) is 0 Å². The second-order valence-electron chi connectivity index (χ2n) is 6.96. The van der Waals surface area contributed by atoms with Crippen LogP contribution in [-0.4, -0.2) is 10.5 Å². The highest BCUT2D eigenvalue weighted by molar-refractivity contribution is 7.99. The highest BCUT2D eigenvalue weighted by Crippen LogP contribution is 2.32. The van der Waals surface area contributed by atoms with Gasteiger partial charge in [0, 0.05) is 22.0 Å². The first-order valence-corrected chi connectivity index (χ1v) is 11.3. The Hall–Kier alpha value is -0.0800. The molecule has 0 nitrogen and oxygen atoms in total. The molecule has 3 rings (SSSR count). The lowest BCUT2D eigenvalue weighted by Crippen LogP contribution is -2.08. The Bertz CT molecular complexity index is 373.